The topological polar surface area (TPSA) is 145 Å². The molecule has 0 heterocycles. The largest absolute Gasteiger partial charge is 0.480 e. The summed E-state index contributed by atoms with van der Waals surface area (Å²) in [4.78, 5) is 37.3. The van der Waals surface area contributed by atoms with Gasteiger partial charge in [0.1, 0.15) is 0 Å². The summed E-state index contributed by atoms with van der Waals surface area (Å²) in [5.41, 5.74) is 0.291. The Morgan fingerprint density at radius 2 is 1.41 bits per heavy atom. The van der Waals surface area contributed by atoms with Crippen LogP contribution in [0.25, 0.3) is 0 Å². The Morgan fingerprint density at radius 3 is 2.09 bits per heavy atom. The van der Waals surface area contributed by atoms with Crippen LogP contribution in [0.4, 0.5) is 0 Å². The highest BCUT2D eigenvalue weighted by Crippen LogP contribution is 2.69. The second-order valence-electron chi connectivity index (χ2n) is 19.9. The Labute approximate surface area is 353 Å². The van der Waals surface area contributed by atoms with E-state index in [2.05, 4.69) is 57.4 Å². The minimum absolute atomic E-state index is 0.0122. The average molecular weight is 815 g/mol. The maximum atomic E-state index is 13.1. The molecule has 0 saturated heterocycles. The van der Waals surface area contributed by atoms with Crippen molar-refractivity contribution in [1.29, 1.82) is 0 Å². The minimum Gasteiger partial charge on any atom is -0.480 e. The highest BCUT2D eigenvalue weighted by molar-refractivity contribution is 5.83. The van der Waals surface area contributed by atoms with Gasteiger partial charge in [-0.1, -0.05) is 105 Å². The van der Waals surface area contributed by atoms with Gasteiger partial charge in [0.15, 0.2) is 6.04 Å². The number of carboxylic acid groups (broad SMARTS) is 1. The molecule has 4 rings (SSSR count). The van der Waals surface area contributed by atoms with E-state index >= 15 is 0 Å². The Kier molecular flexibility index (Phi) is 20.5. The van der Waals surface area contributed by atoms with Crippen molar-refractivity contribution in [2.45, 2.75) is 207 Å². The maximum absolute atomic E-state index is 13.1. The number of rotatable bonds is 27. The maximum Gasteiger partial charge on any atom is 0.328 e. The quantitative estimate of drug-likeness (QED) is 0.0410. The van der Waals surface area contributed by atoms with Crippen LogP contribution in [0.5, 0.6) is 0 Å². The van der Waals surface area contributed by atoms with E-state index in [0.717, 1.165) is 77.0 Å². The van der Waals surface area contributed by atoms with Crippen molar-refractivity contribution in [3.63, 3.8) is 0 Å². The summed E-state index contributed by atoms with van der Waals surface area (Å²) in [5, 5.41) is 38.0. The summed E-state index contributed by atoms with van der Waals surface area (Å²) in [6.45, 7) is 12.0. The second-order valence-corrected chi connectivity index (χ2v) is 19.9. The number of aliphatic hydroxyl groups excluding tert-OH is 2. The molecule has 0 aromatic carbocycles. The number of ether oxygens (including phenoxy) is 1. The Balaban J connectivity index is 1.08. The Hall–Kier alpha value is -1.97. The molecule has 2 amide bonds. The number of unbranched alkanes of at least 4 members (excludes halogenated alkanes) is 11. The molecule has 58 heavy (non-hydrogen) atoms. The van der Waals surface area contributed by atoms with Crippen molar-refractivity contribution in [3.8, 4) is 0 Å². The van der Waals surface area contributed by atoms with Crippen LogP contribution in [0.1, 0.15) is 189 Å². The number of carboxylic acids is 1. The Morgan fingerprint density at radius 1 is 0.776 bits per heavy atom. The molecule has 4 aliphatic rings. The molecule has 9 heteroatoms. The van der Waals surface area contributed by atoms with Gasteiger partial charge in [0.05, 0.1) is 25.4 Å². The first-order chi connectivity index (χ1) is 27.9. The number of aliphatic hydroxyl groups is 2. The third-order valence-corrected chi connectivity index (χ3v) is 16.1. The zero-order valence-corrected chi connectivity index (χ0v) is 37.5. The van der Waals surface area contributed by atoms with E-state index in [-0.39, 0.29) is 60.4 Å². The minimum atomic E-state index is -1.14. The van der Waals surface area contributed by atoms with Gasteiger partial charge in [-0.05, 0) is 136 Å². The predicted molar refractivity (Wildman–Crippen MR) is 233 cm³/mol. The molecule has 0 aromatic heterocycles. The van der Waals surface area contributed by atoms with Crippen molar-refractivity contribution >= 4 is 17.8 Å². The molecule has 12 atom stereocenters. The van der Waals surface area contributed by atoms with Gasteiger partial charge in [-0.15, -0.1) is 0 Å². The summed E-state index contributed by atoms with van der Waals surface area (Å²) >= 11 is 0. The standard InChI is InChI=1S/C49H86N2O7/c1-6-8-9-10-11-12-13-14-15-16-17-18-19-20-21-22-43(53)50-31-32-58-34-42(47(56)57)51-44(54)26-23-35(3)38-24-25-39-45-40(28-30-48(38,39)4)49(5)29-27-36(52)33-41(49)37(7-2)46(45)55/h14-15,35-42,45-46,52,55H,6-13,16-34H2,1-5H3,(H,50,53)(H,51,54)(H,56,57)/b15-14-/t35-,36-,37-,38?,39+,40+,41+,42?,45+,46-,48-,49-/m1/s1. The van der Waals surface area contributed by atoms with E-state index in [0.29, 0.717) is 54.9 Å². The molecule has 5 N–H and O–H groups in total. The predicted octanol–water partition coefficient (Wildman–Crippen LogP) is 9.77. The van der Waals surface area contributed by atoms with Gasteiger partial charge in [-0.2, -0.15) is 0 Å². The third-order valence-electron chi connectivity index (χ3n) is 16.1. The molecular formula is C49H86N2O7. The lowest BCUT2D eigenvalue weighted by molar-refractivity contribution is -0.203. The zero-order chi connectivity index (χ0) is 42.1. The molecule has 0 radical (unpaired) electrons. The normalized spacial score (nSPS) is 32.9. The smallest absolute Gasteiger partial charge is 0.328 e. The first-order valence-corrected chi connectivity index (χ1v) is 24.2. The molecular weight excluding hydrogens is 729 g/mol. The lowest BCUT2D eigenvalue weighted by Gasteiger charge is -2.64. The van der Waals surface area contributed by atoms with Crippen molar-refractivity contribution in [2.24, 2.45) is 52.3 Å². The summed E-state index contributed by atoms with van der Waals surface area (Å²) in [5.74, 6) is 1.23. The molecule has 334 valence electrons. The van der Waals surface area contributed by atoms with Crippen molar-refractivity contribution < 1.29 is 34.4 Å². The fraction of sp³-hybridized carbons (Fsp3) is 0.898. The summed E-state index contributed by atoms with van der Waals surface area (Å²) < 4.78 is 5.58. The molecule has 4 aliphatic carbocycles. The molecule has 0 aromatic rings. The lowest BCUT2D eigenvalue weighted by Crippen LogP contribution is -2.62. The molecule has 0 bridgehead atoms. The summed E-state index contributed by atoms with van der Waals surface area (Å²) in [6, 6.07) is -1.14. The van der Waals surface area contributed by atoms with Crippen LogP contribution in [-0.4, -0.2) is 71.1 Å². The van der Waals surface area contributed by atoms with E-state index in [1.165, 1.54) is 57.8 Å². The van der Waals surface area contributed by atoms with Gasteiger partial charge < -0.3 is 30.7 Å². The molecule has 0 aliphatic heterocycles. The van der Waals surface area contributed by atoms with E-state index in [9.17, 15) is 29.7 Å². The van der Waals surface area contributed by atoms with Crippen LogP contribution in [-0.2, 0) is 19.1 Å². The number of nitrogens with one attached hydrogen (secondary N) is 2. The van der Waals surface area contributed by atoms with E-state index in [1.807, 2.05) is 0 Å². The average Bonchev–Trinajstić information content (AvgIpc) is 3.55. The van der Waals surface area contributed by atoms with Crippen molar-refractivity contribution in [1.82, 2.24) is 10.6 Å². The SMILES string of the molecule is CCCCCCCC/C=C\CCCCCCCC(=O)NCCOCC(NC(=O)CC[C@@H](C)C1CC[C@H]2[C@@H]3[C@H](O)[C@H](CC)[C@@H]4C[C@H](O)CC[C@]4(C)[C@H]3CC[C@]12C)C(=O)O. The third kappa shape index (κ3) is 13.3. The van der Waals surface area contributed by atoms with Crippen molar-refractivity contribution in [2.75, 3.05) is 19.8 Å². The number of carbonyl (C=O) groups excluding carboxylic acids is 2. The monoisotopic (exact) mass is 815 g/mol. The van der Waals surface area contributed by atoms with Crippen molar-refractivity contribution in [3.05, 3.63) is 12.2 Å². The van der Waals surface area contributed by atoms with E-state index < -0.39 is 12.0 Å². The number of carbonyl (C=O) groups is 3. The van der Waals surface area contributed by atoms with Gasteiger partial charge in [0, 0.05) is 19.4 Å². The highest BCUT2D eigenvalue weighted by atomic mass is 16.5. The van der Waals surface area contributed by atoms with Gasteiger partial charge in [-0.25, -0.2) is 4.79 Å². The molecule has 0 spiro atoms. The molecule has 4 saturated carbocycles. The van der Waals surface area contributed by atoms with Crippen LogP contribution in [0.2, 0.25) is 0 Å². The van der Waals surface area contributed by atoms with Gasteiger partial charge in [0.25, 0.3) is 0 Å². The second kappa shape index (κ2) is 24.5. The fourth-order valence-electron chi connectivity index (χ4n) is 12.8. The number of allylic oxidation sites excluding steroid dienone is 2. The number of amides is 2. The van der Waals surface area contributed by atoms with Gasteiger partial charge in [-0.3, -0.25) is 9.59 Å². The van der Waals surface area contributed by atoms with E-state index in [1.54, 1.807) is 0 Å². The fourth-order valence-corrected chi connectivity index (χ4v) is 12.8. The van der Waals surface area contributed by atoms with E-state index in [4.69, 9.17) is 4.74 Å². The zero-order valence-electron chi connectivity index (χ0n) is 37.5. The van der Waals surface area contributed by atoms with Crippen LogP contribution < -0.4 is 10.6 Å². The van der Waals surface area contributed by atoms with Crippen LogP contribution >= 0.6 is 0 Å². The number of aliphatic carboxylic acids is 1. The van der Waals surface area contributed by atoms with Crippen LogP contribution in [0.3, 0.4) is 0 Å². The number of fused-ring (bicyclic) bond motifs is 5. The van der Waals surface area contributed by atoms with Crippen LogP contribution in [0, 0.1) is 52.3 Å². The molecule has 9 nitrogen and oxygen atoms in total. The molecule has 2 unspecified atom stereocenters. The number of hydrogen-bond acceptors (Lipinski definition) is 6. The highest BCUT2D eigenvalue weighted by Gasteiger charge is 2.64. The molecule has 4 fully saturated rings. The van der Waals surface area contributed by atoms with Gasteiger partial charge >= 0.3 is 5.97 Å². The Bertz CT molecular complexity index is 1280. The lowest BCUT2D eigenvalue weighted by atomic mass is 9.41. The first-order valence-electron chi connectivity index (χ1n) is 24.2. The summed E-state index contributed by atoms with van der Waals surface area (Å²) in [7, 11) is 0. The summed E-state index contributed by atoms with van der Waals surface area (Å²) in [6.07, 6.45) is 29.6. The number of hydrogen-bond donors (Lipinski definition) is 5. The van der Waals surface area contributed by atoms with Crippen LogP contribution in [0.15, 0.2) is 12.2 Å². The van der Waals surface area contributed by atoms with Gasteiger partial charge in [0.2, 0.25) is 11.8 Å². The first kappa shape index (κ1) is 48.7.